The van der Waals surface area contributed by atoms with E-state index in [-0.39, 0.29) is 0 Å². The number of fused-ring (bicyclic) bond motifs is 13. The third-order valence-electron chi connectivity index (χ3n) is 15.4. The monoisotopic (exact) mass is 875 g/mol. The van der Waals surface area contributed by atoms with Crippen LogP contribution in [-0.2, 0) is 10.8 Å². The number of benzene rings is 11. The fourth-order valence-electron chi connectivity index (χ4n) is 12.6. The van der Waals surface area contributed by atoms with Crippen molar-refractivity contribution in [3.63, 3.8) is 0 Å². The molecule has 69 heavy (non-hydrogen) atoms. The zero-order valence-corrected chi connectivity index (χ0v) is 37.9. The van der Waals surface area contributed by atoms with Crippen LogP contribution in [-0.4, -0.2) is 0 Å². The number of anilines is 3. The summed E-state index contributed by atoms with van der Waals surface area (Å²) in [5, 5.41) is 0. The second-order valence-corrected chi connectivity index (χ2v) is 18.7. The molecule has 1 spiro atoms. The molecule has 1 nitrogen and oxygen atoms in total. The predicted octanol–water partition coefficient (Wildman–Crippen LogP) is 17.2. The van der Waals surface area contributed by atoms with Crippen molar-refractivity contribution in [2.75, 3.05) is 4.90 Å². The van der Waals surface area contributed by atoms with Gasteiger partial charge in [-0.05, 0) is 125 Å². The molecule has 0 fully saturated rings. The van der Waals surface area contributed by atoms with Gasteiger partial charge in [0.15, 0.2) is 0 Å². The van der Waals surface area contributed by atoms with Crippen molar-refractivity contribution < 1.29 is 0 Å². The second-order valence-electron chi connectivity index (χ2n) is 18.7. The van der Waals surface area contributed by atoms with Gasteiger partial charge in [-0.15, -0.1) is 0 Å². The number of hydrogen-bond donors (Lipinski definition) is 0. The van der Waals surface area contributed by atoms with Gasteiger partial charge in [0.05, 0.1) is 16.5 Å². The molecular formula is C68H45N. The lowest BCUT2D eigenvalue weighted by Crippen LogP contribution is -2.28. The van der Waals surface area contributed by atoms with Crippen molar-refractivity contribution in [2.45, 2.75) is 10.8 Å². The fourth-order valence-corrected chi connectivity index (χ4v) is 12.6. The molecule has 0 amide bonds. The molecule has 0 heterocycles. The van der Waals surface area contributed by atoms with Gasteiger partial charge in [0.1, 0.15) is 0 Å². The standard InChI is InChI=1S/C68H45N/c1-4-19-46(20-5-1)47-35-37-48(38-36-47)49-39-41-52(42-40-49)69(65-34-18-33-63-66(65)58-28-13-17-32-62(58)67(63,50-21-6-2-7-22-50)51-23-8-3-9-24-51)53-43-44-57-56-27-12-16-31-61(56)68(64(57)45-53)59-29-14-10-25-54(59)55-26-11-15-30-60(55)68/h1-45H. The van der Waals surface area contributed by atoms with Crippen LogP contribution in [0.5, 0.6) is 0 Å². The van der Waals surface area contributed by atoms with Crippen LogP contribution >= 0.6 is 0 Å². The molecule has 0 atom stereocenters. The van der Waals surface area contributed by atoms with Crippen LogP contribution in [0.25, 0.3) is 55.6 Å². The summed E-state index contributed by atoms with van der Waals surface area (Å²) < 4.78 is 0. The van der Waals surface area contributed by atoms with Crippen LogP contribution in [0.15, 0.2) is 273 Å². The van der Waals surface area contributed by atoms with E-state index in [1.54, 1.807) is 0 Å². The third kappa shape index (κ3) is 5.59. The minimum absolute atomic E-state index is 0.475. The molecule has 1 heteroatoms. The lowest BCUT2D eigenvalue weighted by molar-refractivity contribution is 0.768. The zero-order valence-electron chi connectivity index (χ0n) is 37.9. The summed E-state index contributed by atoms with van der Waals surface area (Å²) in [5.41, 5.74) is 25.3. The Balaban J connectivity index is 1.02. The lowest BCUT2D eigenvalue weighted by atomic mass is 9.68. The van der Waals surface area contributed by atoms with E-state index in [4.69, 9.17) is 0 Å². The maximum atomic E-state index is 2.54. The topological polar surface area (TPSA) is 3.24 Å². The highest BCUT2D eigenvalue weighted by molar-refractivity contribution is 6.00. The van der Waals surface area contributed by atoms with Crippen LogP contribution in [0, 0.1) is 0 Å². The summed E-state index contributed by atoms with van der Waals surface area (Å²) in [6.45, 7) is 0. The van der Waals surface area contributed by atoms with E-state index in [1.807, 2.05) is 0 Å². The molecule has 3 aliphatic carbocycles. The average molecular weight is 876 g/mol. The van der Waals surface area contributed by atoms with E-state index in [0.29, 0.717) is 0 Å². The van der Waals surface area contributed by atoms with Crippen LogP contribution in [0.1, 0.15) is 44.5 Å². The Morgan fingerprint density at radius 2 is 0.609 bits per heavy atom. The molecule has 11 aromatic rings. The van der Waals surface area contributed by atoms with Crippen molar-refractivity contribution in [1.29, 1.82) is 0 Å². The van der Waals surface area contributed by atoms with Crippen LogP contribution in [0.2, 0.25) is 0 Å². The first kappa shape index (κ1) is 39.4. The molecule has 14 rings (SSSR count). The Morgan fingerprint density at radius 3 is 1.13 bits per heavy atom. The maximum Gasteiger partial charge on any atom is 0.0726 e. The van der Waals surface area contributed by atoms with Gasteiger partial charge < -0.3 is 4.90 Å². The van der Waals surface area contributed by atoms with Crippen LogP contribution in [0.3, 0.4) is 0 Å². The molecule has 0 saturated carbocycles. The van der Waals surface area contributed by atoms with Gasteiger partial charge in [-0.25, -0.2) is 0 Å². The molecule has 0 saturated heterocycles. The van der Waals surface area contributed by atoms with Gasteiger partial charge in [-0.3, -0.25) is 0 Å². The lowest BCUT2D eigenvalue weighted by Gasteiger charge is -2.35. The quantitative estimate of drug-likeness (QED) is 0.154. The number of nitrogens with zero attached hydrogens (tertiary/aromatic N) is 1. The van der Waals surface area contributed by atoms with E-state index in [2.05, 4.69) is 278 Å². The molecule has 3 aliphatic rings. The highest BCUT2D eigenvalue weighted by atomic mass is 15.1. The molecular weight excluding hydrogens is 831 g/mol. The van der Waals surface area contributed by atoms with E-state index < -0.39 is 10.8 Å². The Kier molecular flexibility index (Phi) is 8.78. The van der Waals surface area contributed by atoms with Gasteiger partial charge in [-0.1, -0.05) is 243 Å². The SMILES string of the molecule is c1ccc(-c2ccc(-c3ccc(N(c4ccc5c(c4)C4(c6ccccc6-c6ccccc64)c4ccccc4-5)c4cccc5c4-c4ccccc4C5(c4ccccc4)c4ccccc4)cc3)cc2)cc1. The van der Waals surface area contributed by atoms with Crippen molar-refractivity contribution in [2.24, 2.45) is 0 Å². The minimum atomic E-state index is -0.535. The van der Waals surface area contributed by atoms with Crippen LogP contribution in [0.4, 0.5) is 17.1 Å². The molecule has 0 aliphatic heterocycles. The van der Waals surface area contributed by atoms with Crippen LogP contribution < -0.4 is 4.90 Å². The highest BCUT2D eigenvalue weighted by Crippen LogP contribution is 2.64. The Hall–Kier alpha value is -8.78. The van der Waals surface area contributed by atoms with Gasteiger partial charge in [0, 0.05) is 16.9 Å². The third-order valence-corrected chi connectivity index (χ3v) is 15.4. The average Bonchev–Trinajstić information content (AvgIpc) is 4.02. The van der Waals surface area contributed by atoms with Gasteiger partial charge in [-0.2, -0.15) is 0 Å². The summed E-state index contributed by atoms with van der Waals surface area (Å²) in [6, 6.07) is 102. The molecule has 0 unspecified atom stereocenters. The zero-order chi connectivity index (χ0) is 45.5. The van der Waals surface area contributed by atoms with Gasteiger partial charge in [0.25, 0.3) is 0 Å². The molecule has 0 N–H and O–H groups in total. The second kappa shape index (κ2) is 15.4. The predicted molar refractivity (Wildman–Crippen MR) is 286 cm³/mol. The molecule has 0 bridgehead atoms. The summed E-state index contributed by atoms with van der Waals surface area (Å²) >= 11 is 0. The smallest absolute Gasteiger partial charge is 0.0726 e. The summed E-state index contributed by atoms with van der Waals surface area (Å²) in [5.74, 6) is 0. The van der Waals surface area contributed by atoms with Gasteiger partial charge in [0.2, 0.25) is 0 Å². The van der Waals surface area contributed by atoms with E-state index >= 15 is 0 Å². The highest BCUT2D eigenvalue weighted by Gasteiger charge is 2.52. The Morgan fingerprint density at radius 1 is 0.232 bits per heavy atom. The molecule has 322 valence electrons. The summed E-state index contributed by atoms with van der Waals surface area (Å²) in [4.78, 5) is 2.54. The van der Waals surface area contributed by atoms with Crippen molar-refractivity contribution in [3.05, 3.63) is 317 Å². The van der Waals surface area contributed by atoms with E-state index in [9.17, 15) is 0 Å². The van der Waals surface area contributed by atoms with E-state index in [0.717, 1.165) is 17.1 Å². The Labute approximate surface area is 403 Å². The van der Waals surface area contributed by atoms with Crippen molar-refractivity contribution >= 4 is 17.1 Å². The Bertz CT molecular complexity index is 3650. The maximum absolute atomic E-state index is 2.54. The largest absolute Gasteiger partial charge is 0.310 e. The molecule has 11 aromatic carbocycles. The first-order valence-corrected chi connectivity index (χ1v) is 24.1. The molecule has 0 radical (unpaired) electrons. The van der Waals surface area contributed by atoms with E-state index in [1.165, 1.54) is 100 Å². The fraction of sp³-hybridized carbons (Fsp3) is 0.0294. The number of hydrogen-bond acceptors (Lipinski definition) is 1. The summed E-state index contributed by atoms with van der Waals surface area (Å²) in [7, 11) is 0. The van der Waals surface area contributed by atoms with Gasteiger partial charge >= 0.3 is 0 Å². The minimum Gasteiger partial charge on any atom is -0.310 e. The molecule has 0 aromatic heterocycles. The van der Waals surface area contributed by atoms with Crippen molar-refractivity contribution in [3.8, 4) is 55.6 Å². The summed E-state index contributed by atoms with van der Waals surface area (Å²) in [6.07, 6.45) is 0. The normalized spacial score (nSPS) is 13.7. The van der Waals surface area contributed by atoms with Crippen molar-refractivity contribution in [1.82, 2.24) is 0 Å². The first-order chi connectivity index (χ1) is 34.2. The number of rotatable bonds is 7. The first-order valence-electron chi connectivity index (χ1n) is 24.1.